The monoisotopic (exact) mass is 582 g/mol. The molecule has 2 bridgehead atoms. The molecule has 0 radical (unpaired) electrons. The molecule has 2 aromatic rings. The Morgan fingerprint density at radius 2 is 1.81 bits per heavy atom. The first-order valence-corrected chi connectivity index (χ1v) is 13.7. The SMILES string of the molecule is CC(=O)OC[C@@]12[C@@H](OC(=O)/C=C/c3ccccc3)CC[C@](C)(O)[C@]13OC(C)(C)[C@H](C(=O)[C@H]2OC(=O)c1ccoc1)[C@H]3O. The van der Waals surface area contributed by atoms with Crippen LogP contribution in [-0.2, 0) is 33.3 Å². The highest BCUT2D eigenvalue weighted by Crippen LogP contribution is 2.67. The molecule has 1 aromatic carbocycles. The van der Waals surface area contributed by atoms with Gasteiger partial charge in [-0.2, -0.15) is 0 Å². The number of hydrogen-bond acceptors (Lipinski definition) is 11. The highest BCUT2D eigenvalue weighted by Gasteiger charge is 2.85. The lowest BCUT2D eigenvalue weighted by Crippen LogP contribution is -2.82. The van der Waals surface area contributed by atoms with Gasteiger partial charge in [0.05, 0.1) is 35.1 Å². The fourth-order valence-corrected chi connectivity index (χ4v) is 7.12. The van der Waals surface area contributed by atoms with E-state index in [0.717, 1.165) is 18.8 Å². The molecule has 1 spiro atoms. The van der Waals surface area contributed by atoms with Gasteiger partial charge in [-0.3, -0.25) is 9.59 Å². The summed E-state index contributed by atoms with van der Waals surface area (Å²) >= 11 is 0. The van der Waals surface area contributed by atoms with Crippen LogP contribution in [0.4, 0.5) is 0 Å². The molecule has 2 heterocycles. The summed E-state index contributed by atoms with van der Waals surface area (Å²) in [6.07, 6.45) is 0.387. The number of furan rings is 1. The molecular formula is C31H34O11. The first-order chi connectivity index (χ1) is 19.8. The highest BCUT2D eigenvalue weighted by molar-refractivity contribution is 5.96. The second-order valence-corrected chi connectivity index (χ2v) is 11.9. The van der Waals surface area contributed by atoms with Crippen molar-refractivity contribution >= 4 is 29.8 Å². The number of ketones is 1. The molecule has 11 nitrogen and oxygen atoms in total. The van der Waals surface area contributed by atoms with Crippen LogP contribution in [-0.4, -0.2) is 75.6 Å². The van der Waals surface area contributed by atoms with E-state index in [-0.39, 0.29) is 18.4 Å². The maximum atomic E-state index is 14.3. The fraction of sp³-hybridized carbons (Fsp3) is 0.484. The number of ether oxygens (including phenoxy) is 4. The molecule has 3 fully saturated rings. The number of carbonyl (C=O) groups is 4. The molecule has 7 atom stereocenters. The minimum Gasteiger partial charge on any atom is -0.472 e. The average molecular weight is 583 g/mol. The van der Waals surface area contributed by atoms with E-state index in [0.29, 0.717) is 0 Å². The Labute approximate surface area is 242 Å². The molecule has 42 heavy (non-hydrogen) atoms. The lowest BCUT2D eigenvalue weighted by molar-refractivity contribution is -0.334. The minimum atomic E-state index is -2.06. The number of esters is 3. The van der Waals surface area contributed by atoms with Gasteiger partial charge in [0.25, 0.3) is 0 Å². The number of rotatable bonds is 7. The second kappa shape index (κ2) is 10.5. The van der Waals surface area contributed by atoms with E-state index >= 15 is 0 Å². The average Bonchev–Trinajstić information content (AvgIpc) is 3.53. The van der Waals surface area contributed by atoms with Crippen LogP contribution in [0.3, 0.4) is 0 Å². The number of aliphatic hydroxyl groups excluding tert-OH is 1. The Bertz CT molecular complexity index is 1390. The molecule has 3 aliphatic rings. The number of Topliss-reactive ketones (excluding diaryl/α,β-unsaturated/α-hetero) is 1. The third-order valence-electron chi connectivity index (χ3n) is 8.86. The van der Waals surface area contributed by atoms with Gasteiger partial charge in [0.2, 0.25) is 0 Å². The van der Waals surface area contributed by atoms with E-state index in [4.69, 9.17) is 23.4 Å². The van der Waals surface area contributed by atoms with Gasteiger partial charge in [0.15, 0.2) is 11.9 Å². The van der Waals surface area contributed by atoms with Crippen molar-refractivity contribution in [1.29, 1.82) is 0 Å². The van der Waals surface area contributed by atoms with E-state index in [1.807, 2.05) is 6.07 Å². The smallest absolute Gasteiger partial charge is 0.342 e. The van der Waals surface area contributed by atoms with Crippen LogP contribution in [0.2, 0.25) is 0 Å². The van der Waals surface area contributed by atoms with Crippen LogP contribution in [0, 0.1) is 11.3 Å². The van der Waals surface area contributed by atoms with E-state index in [2.05, 4.69) is 0 Å². The van der Waals surface area contributed by atoms with Crippen LogP contribution in [0.25, 0.3) is 6.08 Å². The van der Waals surface area contributed by atoms with Gasteiger partial charge in [-0.15, -0.1) is 0 Å². The summed E-state index contributed by atoms with van der Waals surface area (Å²) in [5.41, 5.74) is -6.58. The quantitative estimate of drug-likeness (QED) is 0.281. The first kappa shape index (κ1) is 29.7. The van der Waals surface area contributed by atoms with Gasteiger partial charge >= 0.3 is 17.9 Å². The molecular weight excluding hydrogens is 548 g/mol. The Kier molecular flexibility index (Phi) is 7.41. The van der Waals surface area contributed by atoms with Crippen LogP contribution in [0.15, 0.2) is 59.4 Å². The van der Waals surface area contributed by atoms with Gasteiger partial charge in [-0.05, 0) is 51.3 Å². The molecule has 224 valence electrons. The summed E-state index contributed by atoms with van der Waals surface area (Å²) in [5.74, 6) is -4.44. The zero-order chi connectivity index (χ0) is 30.5. The van der Waals surface area contributed by atoms with Crippen molar-refractivity contribution in [3.8, 4) is 0 Å². The van der Waals surface area contributed by atoms with Crippen molar-refractivity contribution in [2.45, 2.75) is 75.7 Å². The van der Waals surface area contributed by atoms with E-state index in [1.165, 1.54) is 25.3 Å². The highest BCUT2D eigenvalue weighted by atomic mass is 16.6. The van der Waals surface area contributed by atoms with Crippen molar-refractivity contribution in [3.05, 3.63) is 66.1 Å². The van der Waals surface area contributed by atoms with E-state index in [9.17, 15) is 29.4 Å². The molecule has 11 heteroatoms. The van der Waals surface area contributed by atoms with Crippen molar-refractivity contribution < 1.29 is 52.8 Å². The minimum absolute atomic E-state index is 0.0000394. The molecule has 0 unspecified atom stereocenters. The summed E-state index contributed by atoms with van der Waals surface area (Å²) < 4.78 is 28.8. The van der Waals surface area contributed by atoms with Crippen molar-refractivity contribution in [1.82, 2.24) is 0 Å². The molecule has 2 saturated carbocycles. The number of carbonyl (C=O) groups excluding carboxylic acids is 4. The molecule has 1 aliphatic heterocycles. The fourth-order valence-electron chi connectivity index (χ4n) is 7.12. The predicted molar refractivity (Wildman–Crippen MR) is 145 cm³/mol. The van der Waals surface area contributed by atoms with Gasteiger partial charge in [0, 0.05) is 13.0 Å². The number of fused-ring (bicyclic) bond motifs is 1. The van der Waals surface area contributed by atoms with Gasteiger partial charge in [0.1, 0.15) is 30.0 Å². The molecule has 2 N–H and O–H groups in total. The van der Waals surface area contributed by atoms with Crippen molar-refractivity contribution in [3.63, 3.8) is 0 Å². The first-order valence-electron chi connectivity index (χ1n) is 13.7. The van der Waals surface area contributed by atoms with Crippen LogP contribution >= 0.6 is 0 Å². The molecule has 1 aromatic heterocycles. The number of benzene rings is 1. The Balaban J connectivity index is 1.67. The Morgan fingerprint density at radius 3 is 2.45 bits per heavy atom. The largest absolute Gasteiger partial charge is 0.472 e. The normalized spacial score (nSPS) is 35.0. The summed E-state index contributed by atoms with van der Waals surface area (Å²) in [7, 11) is 0. The zero-order valence-corrected chi connectivity index (χ0v) is 23.8. The predicted octanol–water partition coefficient (Wildman–Crippen LogP) is 2.63. The maximum absolute atomic E-state index is 14.3. The Morgan fingerprint density at radius 1 is 1.10 bits per heavy atom. The van der Waals surface area contributed by atoms with Gasteiger partial charge < -0.3 is 33.6 Å². The van der Waals surface area contributed by atoms with E-state index < -0.39 is 76.7 Å². The lowest BCUT2D eigenvalue weighted by atomic mass is 9.46. The zero-order valence-electron chi connectivity index (χ0n) is 23.8. The van der Waals surface area contributed by atoms with Crippen LogP contribution < -0.4 is 0 Å². The van der Waals surface area contributed by atoms with Crippen molar-refractivity contribution in [2.75, 3.05) is 6.61 Å². The van der Waals surface area contributed by atoms with Gasteiger partial charge in [-0.1, -0.05) is 30.3 Å². The van der Waals surface area contributed by atoms with Crippen LogP contribution in [0.5, 0.6) is 0 Å². The summed E-state index contributed by atoms with van der Waals surface area (Å²) in [4.78, 5) is 52.9. The maximum Gasteiger partial charge on any atom is 0.342 e. The van der Waals surface area contributed by atoms with Crippen LogP contribution in [0.1, 0.15) is 56.5 Å². The third kappa shape index (κ3) is 4.47. The summed E-state index contributed by atoms with van der Waals surface area (Å²) in [5, 5.41) is 23.8. The third-order valence-corrected chi connectivity index (χ3v) is 8.86. The molecule has 2 aliphatic carbocycles. The summed E-state index contributed by atoms with van der Waals surface area (Å²) in [6.45, 7) is 5.07. The van der Waals surface area contributed by atoms with Crippen molar-refractivity contribution in [2.24, 2.45) is 11.3 Å². The molecule has 0 amide bonds. The lowest BCUT2D eigenvalue weighted by Gasteiger charge is -2.63. The number of aliphatic hydroxyl groups is 2. The second-order valence-electron chi connectivity index (χ2n) is 11.9. The Hall–Kier alpha value is -3.80. The van der Waals surface area contributed by atoms with Gasteiger partial charge in [-0.25, -0.2) is 9.59 Å². The molecule has 5 rings (SSSR count). The summed E-state index contributed by atoms with van der Waals surface area (Å²) in [6, 6.07) is 10.3. The number of hydrogen-bond donors (Lipinski definition) is 2. The molecule has 1 saturated heterocycles. The topological polar surface area (TPSA) is 159 Å². The van der Waals surface area contributed by atoms with E-state index in [1.54, 1.807) is 44.2 Å². The standard InChI is InChI=1S/C31H34O11/c1-18(32)39-17-30-21(40-22(33)11-10-19-8-6-5-7-9-19)12-14-29(4,37)31(30)25(35)23(28(2,3)42-31)24(34)26(30)41-27(36)20-13-15-38-16-20/h5-11,13,15-16,21,23,25-26,35,37H,12,14,17H2,1-4H3/b11-10+/t21-,23+,25+,26+,29-,30-,31-/m0/s1.